The summed E-state index contributed by atoms with van der Waals surface area (Å²) in [6, 6.07) is 6.15. The highest BCUT2D eigenvalue weighted by molar-refractivity contribution is 5.78. The monoisotopic (exact) mass is 310 g/mol. The number of carbonyl (C=O) groups is 2. The summed E-state index contributed by atoms with van der Waals surface area (Å²) in [4.78, 5) is 24.8. The number of carbonyl (C=O) groups excluding carboxylic acids is 2. The number of likely N-dealkylation sites (N-methyl/N-ethyl adjacent to an activating group) is 1. The van der Waals surface area contributed by atoms with E-state index in [1.165, 1.54) is 11.0 Å². The molecule has 1 rings (SSSR count). The van der Waals surface area contributed by atoms with Crippen molar-refractivity contribution in [3.63, 3.8) is 0 Å². The zero-order valence-electron chi connectivity index (χ0n) is 13.5. The molecular formula is C16H23FN2O3. The third-order valence-corrected chi connectivity index (χ3v) is 2.78. The minimum Gasteiger partial charge on any atom is -0.444 e. The van der Waals surface area contributed by atoms with Crippen LogP contribution in [0.15, 0.2) is 24.3 Å². The van der Waals surface area contributed by atoms with Crippen molar-refractivity contribution in [1.82, 2.24) is 10.2 Å². The van der Waals surface area contributed by atoms with Gasteiger partial charge in [-0.2, -0.15) is 0 Å². The van der Waals surface area contributed by atoms with Gasteiger partial charge in [0.2, 0.25) is 5.91 Å². The maximum Gasteiger partial charge on any atom is 0.410 e. The highest BCUT2D eigenvalue weighted by Crippen LogP contribution is 2.09. The van der Waals surface area contributed by atoms with E-state index in [2.05, 4.69) is 5.32 Å². The van der Waals surface area contributed by atoms with Crippen LogP contribution in [0.25, 0.3) is 0 Å². The van der Waals surface area contributed by atoms with Gasteiger partial charge in [0.25, 0.3) is 0 Å². The van der Waals surface area contributed by atoms with Crippen molar-refractivity contribution in [2.45, 2.75) is 32.8 Å². The Kier molecular flexibility index (Phi) is 6.34. The largest absolute Gasteiger partial charge is 0.444 e. The third kappa shape index (κ3) is 6.56. The quantitative estimate of drug-likeness (QED) is 0.908. The van der Waals surface area contributed by atoms with Crippen LogP contribution in [0.1, 0.15) is 26.3 Å². The lowest BCUT2D eigenvalue weighted by atomic mass is 10.1. The molecule has 0 heterocycles. The fourth-order valence-corrected chi connectivity index (χ4v) is 1.67. The average molecular weight is 310 g/mol. The predicted octanol–water partition coefficient (Wildman–Crippen LogP) is 2.35. The van der Waals surface area contributed by atoms with Gasteiger partial charge in [0.05, 0.1) is 6.42 Å². The van der Waals surface area contributed by atoms with E-state index in [1.807, 2.05) is 0 Å². The molecule has 1 N–H and O–H groups in total. The summed E-state index contributed by atoms with van der Waals surface area (Å²) in [6.45, 7) is 5.96. The Morgan fingerprint density at radius 1 is 1.27 bits per heavy atom. The second kappa shape index (κ2) is 7.77. The van der Waals surface area contributed by atoms with Gasteiger partial charge >= 0.3 is 6.09 Å². The molecule has 0 unspecified atom stereocenters. The SMILES string of the molecule is CN(CCNC(=O)Cc1ccccc1F)C(=O)OC(C)(C)C. The lowest BCUT2D eigenvalue weighted by Crippen LogP contribution is -2.39. The van der Waals surface area contributed by atoms with Crippen LogP contribution in [0.4, 0.5) is 9.18 Å². The van der Waals surface area contributed by atoms with Crippen LogP contribution in [-0.4, -0.2) is 42.6 Å². The summed E-state index contributed by atoms with van der Waals surface area (Å²) in [5, 5.41) is 2.65. The molecule has 0 spiro atoms. The van der Waals surface area contributed by atoms with E-state index in [0.29, 0.717) is 12.1 Å². The van der Waals surface area contributed by atoms with E-state index in [0.717, 1.165) is 0 Å². The van der Waals surface area contributed by atoms with Gasteiger partial charge in [-0.25, -0.2) is 9.18 Å². The number of amides is 2. The summed E-state index contributed by atoms with van der Waals surface area (Å²) in [5.74, 6) is -0.689. The molecule has 0 saturated carbocycles. The molecule has 0 aliphatic rings. The topological polar surface area (TPSA) is 58.6 Å². The lowest BCUT2D eigenvalue weighted by molar-refractivity contribution is -0.120. The maximum absolute atomic E-state index is 13.4. The fourth-order valence-electron chi connectivity index (χ4n) is 1.67. The van der Waals surface area contributed by atoms with Crippen LogP contribution in [0, 0.1) is 5.82 Å². The van der Waals surface area contributed by atoms with Gasteiger partial charge in [-0.3, -0.25) is 4.79 Å². The zero-order valence-corrected chi connectivity index (χ0v) is 13.5. The van der Waals surface area contributed by atoms with Gasteiger partial charge in [0.1, 0.15) is 11.4 Å². The fraction of sp³-hybridized carbons (Fsp3) is 0.500. The van der Waals surface area contributed by atoms with Crippen LogP contribution in [0.3, 0.4) is 0 Å². The smallest absolute Gasteiger partial charge is 0.410 e. The highest BCUT2D eigenvalue weighted by atomic mass is 19.1. The van der Waals surface area contributed by atoms with Crippen molar-refractivity contribution >= 4 is 12.0 Å². The van der Waals surface area contributed by atoms with Crippen molar-refractivity contribution in [2.24, 2.45) is 0 Å². The molecule has 22 heavy (non-hydrogen) atoms. The number of nitrogens with one attached hydrogen (secondary N) is 1. The summed E-state index contributed by atoms with van der Waals surface area (Å²) >= 11 is 0. The molecule has 0 bridgehead atoms. The van der Waals surface area contributed by atoms with E-state index in [9.17, 15) is 14.0 Å². The van der Waals surface area contributed by atoms with E-state index >= 15 is 0 Å². The number of benzene rings is 1. The molecule has 0 aromatic heterocycles. The van der Waals surface area contributed by atoms with Crippen LogP contribution >= 0.6 is 0 Å². The molecule has 0 saturated heterocycles. The first-order valence-electron chi connectivity index (χ1n) is 7.13. The van der Waals surface area contributed by atoms with Crippen LogP contribution in [0.5, 0.6) is 0 Å². The summed E-state index contributed by atoms with van der Waals surface area (Å²) in [7, 11) is 1.59. The Labute approximate surface area is 130 Å². The minimum atomic E-state index is -0.556. The van der Waals surface area contributed by atoms with Gasteiger partial charge < -0.3 is 15.0 Å². The van der Waals surface area contributed by atoms with Crippen molar-refractivity contribution in [2.75, 3.05) is 20.1 Å². The Bertz CT molecular complexity index is 526. The van der Waals surface area contributed by atoms with Gasteiger partial charge in [-0.15, -0.1) is 0 Å². The van der Waals surface area contributed by atoms with Crippen LogP contribution < -0.4 is 5.32 Å². The minimum absolute atomic E-state index is 0.0250. The lowest BCUT2D eigenvalue weighted by Gasteiger charge is -2.24. The van der Waals surface area contributed by atoms with Crippen molar-refractivity contribution < 1.29 is 18.7 Å². The van der Waals surface area contributed by atoms with Crippen molar-refractivity contribution in [1.29, 1.82) is 0 Å². The molecular weight excluding hydrogens is 287 g/mol. The normalized spacial score (nSPS) is 11.0. The second-order valence-electron chi connectivity index (χ2n) is 6.02. The Morgan fingerprint density at radius 2 is 1.91 bits per heavy atom. The van der Waals surface area contributed by atoms with E-state index in [4.69, 9.17) is 4.74 Å². The molecule has 1 aromatic rings. The maximum atomic E-state index is 13.4. The summed E-state index contributed by atoms with van der Waals surface area (Å²) in [5.41, 5.74) is -0.208. The Hall–Kier alpha value is -2.11. The summed E-state index contributed by atoms with van der Waals surface area (Å²) < 4.78 is 18.6. The molecule has 0 atom stereocenters. The first kappa shape index (κ1) is 17.9. The molecule has 1 aromatic carbocycles. The molecule has 0 aliphatic heterocycles. The molecule has 0 aliphatic carbocycles. The van der Waals surface area contributed by atoms with Crippen molar-refractivity contribution in [3.05, 3.63) is 35.6 Å². The van der Waals surface area contributed by atoms with Gasteiger partial charge in [-0.05, 0) is 32.4 Å². The number of hydrogen-bond donors (Lipinski definition) is 1. The average Bonchev–Trinajstić information content (AvgIpc) is 2.39. The Balaban J connectivity index is 2.33. The van der Waals surface area contributed by atoms with Gasteiger partial charge in [-0.1, -0.05) is 18.2 Å². The number of hydrogen-bond acceptors (Lipinski definition) is 3. The standard InChI is InChI=1S/C16H23FN2O3/c1-16(2,3)22-15(21)19(4)10-9-18-14(20)11-12-7-5-6-8-13(12)17/h5-8H,9-11H2,1-4H3,(H,18,20). The van der Waals surface area contributed by atoms with Gasteiger partial charge in [0, 0.05) is 20.1 Å². The first-order valence-corrected chi connectivity index (χ1v) is 7.13. The second-order valence-corrected chi connectivity index (χ2v) is 6.02. The molecule has 2 amide bonds. The van der Waals surface area contributed by atoms with E-state index in [-0.39, 0.29) is 18.9 Å². The first-order chi connectivity index (χ1) is 10.2. The Morgan fingerprint density at radius 3 is 2.50 bits per heavy atom. The third-order valence-electron chi connectivity index (χ3n) is 2.78. The van der Waals surface area contributed by atoms with Gasteiger partial charge in [0.15, 0.2) is 0 Å². The molecule has 5 nitrogen and oxygen atoms in total. The summed E-state index contributed by atoms with van der Waals surface area (Å²) in [6.07, 6.45) is -0.473. The van der Waals surface area contributed by atoms with E-state index < -0.39 is 17.5 Å². The molecule has 0 fully saturated rings. The molecule has 6 heteroatoms. The predicted molar refractivity (Wildman–Crippen MR) is 82.0 cm³/mol. The number of ether oxygens (including phenoxy) is 1. The zero-order chi connectivity index (χ0) is 16.8. The number of rotatable bonds is 5. The van der Waals surface area contributed by atoms with Crippen LogP contribution in [0.2, 0.25) is 0 Å². The van der Waals surface area contributed by atoms with Crippen molar-refractivity contribution in [3.8, 4) is 0 Å². The van der Waals surface area contributed by atoms with Crippen LogP contribution in [-0.2, 0) is 16.0 Å². The molecule has 122 valence electrons. The molecule has 0 radical (unpaired) electrons. The van der Waals surface area contributed by atoms with E-state index in [1.54, 1.807) is 46.0 Å². The highest BCUT2D eigenvalue weighted by Gasteiger charge is 2.19. The number of halogens is 1. The number of nitrogens with zero attached hydrogens (tertiary/aromatic N) is 1.